The Balaban J connectivity index is 2.69. The smallest absolute Gasteiger partial charge is 0.0950 e. The molecular formula is C12H16N2O. The van der Waals surface area contributed by atoms with Crippen LogP contribution in [-0.2, 0) is 18.0 Å². The third kappa shape index (κ3) is 1.64. The number of aryl methyl sites for hydroxylation is 2. The fourth-order valence-electron chi connectivity index (χ4n) is 2.08. The SMILES string of the molecule is CCn1cc(CON)c2cccc(C)c21. The minimum atomic E-state index is 0.465. The number of para-hydroxylation sites is 1. The fraction of sp³-hybridized carbons (Fsp3) is 0.333. The van der Waals surface area contributed by atoms with Crippen LogP contribution in [0.3, 0.4) is 0 Å². The summed E-state index contributed by atoms with van der Waals surface area (Å²) in [6.45, 7) is 5.69. The molecule has 0 fully saturated rings. The Bertz CT molecular complexity index is 474. The third-order valence-electron chi connectivity index (χ3n) is 2.76. The summed E-state index contributed by atoms with van der Waals surface area (Å²) in [5, 5.41) is 1.24. The van der Waals surface area contributed by atoms with Crippen LogP contribution in [0.15, 0.2) is 24.4 Å². The Morgan fingerprint density at radius 2 is 2.20 bits per heavy atom. The molecule has 0 unspecified atom stereocenters. The van der Waals surface area contributed by atoms with Crippen molar-refractivity contribution in [3.63, 3.8) is 0 Å². The van der Waals surface area contributed by atoms with Crippen LogP contribution in [-0.4, -0.2) is 4.57 Å². The topological polar surface area (TPSA) is 40.2 Å². The Morgan fingerprint density at radius 1 is 1.40 bits per heavy atom. The van der Waals surface area contributed by atoms with Crippen molar-refractivity contribution in [2.45, 2.75) is 27.0 Å². The number of fused-ring (bicyclic) bond motifs is 1. The van der Waals surface area contributed by atoms with Gasteiger partial charge in [0.05, 0.1) is 12.1 Å². The molecule has 0 radical (unpaired) electrons. The monoisotopic (exact) mass is 204 g/mol. The predicted octanol–water partition coefficient (Wildman–Crippen LogP) is 2.36. The van der Waals surface area contributed by atoms with E-state index < -0.39 is 0 Å². The fourth-order valence-corrected chi connectivity index (χ4v) is 2.08. The van der Waals surface area contributed by atoms with Gasteiger partial charge in [0, 0.05) is 23.7 Å². The Kier molecular flexibility index (Phi) is 2.75. The summed E-state index contributed by atoms with van der Waals surface area (Å²) in [4.78, 5) is 4.72. The van der Waals surface area contributed by atoms with Gasteiger partial charge in [-0.15, -0.1) is 0 Å². The Morgan fingerprint density at radius 3 is 2.87 bits per heavy atom. The quantitative estimate of drug-likeness (QED) is 0.780. The zero-order chi connectivity index (χ0) is 10.8. The number of benzene rings is 1. The number of hydrogen-bond donors (Lipinski definition) is 1. The van der Waals surface area contributed by atoms with Crippen molar-refractivity contribution in [2.24, 2.45) is 5.90 Å². The van der Waals surface area contributed by atoms with Crippen molar-refractivity contribution in [3.05, 3.63) is 35.5 Å². The molecule has 0 aliphatic heterocycles. The summed E-state index contributed by atoms with van der Waals surface area (Å²) in [5.41, 5.74) is 3.72. The molecule has 0 bridgehead atoms. The van der Waals surface area contributed by atoms with Gasteiger partial charge in [-0.1, -0.05) is 18.2 Å². The van der Waals surface area contributed by atoms with Gasteiger partial charge in [0.25, 0.3) is 0 Å². The van der Waals surface area contributed by atoms with E-state index >= 15 is 0 Å². The van der Waals surface area contributed by atoms with E-state index in [9.17, 15) is 0 Å². The van der Waals surface area contributed by atoms with Gasteiger partial charge in [0.2, 0.25) is 0 Å². The molecule has 1 aromatic carbocycles. The highest BCUT2D eigenvalue weighted by atomic mass is 16.6. The van der Waals surface area contributed by atoms with Crippen LogP contribution in [0, 0.1) is 6.92 Å². The molecule has 0 aliphatic carbocycles. The van der Waals surface area contributed by atoms with E-state index in [0.29, 0.717) is 6.61 Å². The molecule has 15 heavy (non-hydrogen) atoms. The maximum atomic E-state index is 5.13. The summed E-state index contributed by atoms with van der Waals surface area (Å²) in [5.74, 6) is 5.13. The first-order valence-corrected chi connectivity index (χ1v) is 5.17. The van der Waals surface area contributed by atoms with Crippen LogP contribution in [0.25, 0.3) is 10.9 Å². The van der Waals surface area contributed by atoms with Gasteiger partial charge < -0.3 is 4.57 Å². The molecule has 0 spiro atoms. The van der Waals surface area contributed by atoms with Gasteiger partial charge in [-0.2, -0.15) is 0 Å². The largest absolute Gasteiger partial charge is 0.347 e. The molecule has 0 amide bonds. The highest BCUT2D eigenvalue weighted by Gasteiger charge is 2.08. The summed E-state index contributed by atoms with van der Waals surface area (Å²) in [6.07, 6.45) is 2.12. The minimum Gasteiger partial charge on any atom is -0.347 e. The highest BCUT2D eigenvalue weighted by Crippen LogP contribution is 2.24. The van der Waals surface area contributed by atoms with E-state index in [0.717, 1.165) is 12.1 Å². The van der Waals surface area contributed by atoms with E-state index in [-0.39, 0.29) is 0 Å². The van der Waals surface area contributed by atoms with E-state index in [4.69, 9.17) is 10.7 Å². The lowest BCUT2D eigenvalue weighted by molar-refractivity contribution is 0.125. The molecule has 80 valence electrons. The molecule has 1 heterocycles. The summed E-state index contributed by atoms with van der Waals surface area (Å²) in [6, 6.07) is 6.31. The van der Waals surface area contributed by atoms with Gasteiger partial charge in [-0.25, -0.2) is 5.90 Å². The zero-order valence-electron chi connectivity index (χ0n) is 9.16. The lowest BCUT2D eigenvalue weighted by Crippen LogP contribution is -1.98. The van der Waals surface area contributed by atoms with Crippen LogP contribution < -0.4 is 5.90 Å². The first-order chi connectivity index (χ1) is 7.27. The second kappa shape index (κ2) is 4.04. The number of rotatable bonds is 3. The maximum absolute atomic E-state index is 5.13. The lowest BCUT2D eigenvalue weighted by Gasteiger charge is -2.02. The van der Waals surface area contributed by atoms with Crippen LogP contribution in [0.2, 0.25) is 0 Å². The van der Waals surface area contributed by atoms with Gasteiger partial charge in [0.15, 0.2) is 0 Å². The number of aromatic nitrogens is 1. The number of nitrogens with two attached hydrogens (primary N) is 1. The van der Waals surface area contributed by atoms with Gasteiger partial charge in [-0.3, -0.25) is 4.84 Å². The van der Waals surface area contributed by atoms with Gasteiger partial charge in [-0.05, 0) is 19.4 Å². The standard InChI is InChI=1S/C12H16N2O/c1-3-14-7-10(8-15-13)11-6-4-5-9(2)12(11)14/h4-7H,3,8,13H2,1-2H3. The number of hydrogen-bond acceptors (Lipinski definition) is 2. The van der Waals surface area contributed by atoms with Crippen LogP contribution in [0.1, 0.15) is 18.1 Å². The summed E-state index contributed by atoms with van der Waals surface area (Å²) >= 11 is 0. The average molecular weight is 204 g/mol. The molecule has 0 saturated carbocycles. The average Bonchev–Trinajstić information content (AvgIpc) is 2.59. The summed E-state index contributed by atoms with van der Waals surface area (Å²) < 4.78 is 2.24. The molecule has 2 aromatic rings. The summed E-state index contributed by atoms with van der Waals surface area (Å²) in [7, 11) is 0. The maximum Gasteiger partial charge on any atom is 0.0950 e. The van der Waals surface area contributed by atoms with E-state index in [1.165, 1.54) is 16.5 Å². The third-order valence-corrected chi connectivity index (χ3v) is 2.76. The normalized spacial score (nSPS) is 11.1. The molecule has 0 aliphatic rings. The van der Waals surface area contributed by atoms with Crippen LogP contribution in [0.5, 0.6) is 0 Å². The van der Waals surface area contributed by atoms with E-state index in [1.807, 2.05) is 0 Å². The van der Waals surface area contributed by atoms with Crippen molar-refractivity contribution < 1.29 is 4.84 Å². The highest BCUT2D eigenvalue weighted by molar-refractivity contribution is 5.86. The lowest BCUT2D eigenvalue weighted by atomic mass is 10.1. The Hall–Kier alpha value is -1.32. The number of nitrogens with zero attached hydrogens (tertiary/aromatic N) is 1. The van der Waals surface area contributed by atoms with E-state index in [2.05, 4.69) is 42.8 Å². The second-order valence-corrected chi connectivity index (χ2v) is 3.72. The van der Waals surface area contributed by atoms with Crippen molar-refractivity contribution in [3.8, 4) is 0 Å². The molecule has 1 aromatic heterocycles. The van der Waals surface area contributed by atoms with Crippen molar-refractivity contribution in [1.82, 2.24) is 4.57 Å². The van der Waals surface area contributed by atoms with Crippen molar-refractivity contribution in [2.75, 3.05) is 0 Å². The second-order valence-electron chi connectivity index (χ2n) is 3.72. The van der Waals surface area contributed by atoms with Crippen molar-refractivity contribution in [1.29, 1.82) is 0 Å². The molecule has 2 rings (SSSR count). The molecule has 0 saturated heterocycles. The van der Waals surface area contributed by atoms with E-state index in [1.54, 1.807) is 0 Å². The molecule has 2 N–H and O–H groups in total. The van der Waals surface area contributed by atoms with Crippen LogP contribution >= 0.6 is 0 Å². The van der Waals surface area contributed by atoms with Gasteiger partial charge >= 0.3 is 0 Å². The molecule has 3 nitrogen and oxygen atoms in total. The van der Waals surface area contributed by atoms with Crippen molar-refractivity contribution >= 4 is 10.9 Å². The molecular weight excluding hydrogens is 188 g/mol. The predicted molar refractivity (Wildman–Crippen MR) is 61.3 cm³/mol. The van der Waals surface area contributed by atoms with Crippen LogP contribution in [0.4, 0.5) is 0 Å². The first kappa shape index (κ1) is 10.2. The molecule has 3 heteroatoms. The molecule has 0 atom stereocenters. The van der Waals surface area contributed by atoms with Gasteiger partial charge in [0.1, 0.15) is 0 Å². The minimum absolute atomic E-state index is 0.465. The first-order valence-electron chi connectivity index (χ1n) is 5.17. The Labute approximate surface area is 89.4 Å². The zero-order valence-corrected chi connectivity index (χ0v) is 9.16.